The predicted molar refractivity (Wildman–Crippen MR) is 136 cm³/mol. The quantitative estimate of drug-likeness (QED) is 0.434. The fraction of sp³-hybridized carbons (Fsp3) is 0.667. The first-order valence-electron chi connectivity index (χ1n) is 11.8. The van der Waals surface area contributed by atoms with Crippen LogP contribution in [0.25, 0.3) is 5.57 Å². The third kappa shape index (κ3) is 5.12. The molecule has 0 nitrogen and oxygen atoms in total. The molecule has 0 bridgehead atoms. The van der Waals surface area contributed by atoms with Crippen molar-refractivity contribution in [3.8, 4) is 0 Å². The van der Waals surface area contributed by atoms with Crippen LogP contribution in [0.1, 0.15) is 119 Å². The standard InChI is InChI=1S/C30H48/c1-19-23(15-21(27(3,4)5)17-25(19)29(9,10)11)24-16-22(28(6,7)8)18-26(20(24)2)30(12,13)14/h15,17-18,22H,16H2,1-14H3. The van der Waals surface area contributed by atoms with Crippen LogP contribution in [0.15, 0.2) is 29.4 Å². The van der Waals surface area contributed by atoms with E-state index in [1.165, 1.54) is 33.4 Å². The van der Waals surface area contributed by atoms with Crippen molar-refractivity contribution in [3.63, 3.8) is 0 Å². The first-order chi connectivity index (χ1) is 13.2. The second-order valence-corrected chi connectivity index (χ2v) is 13.8. The molecule has 1 aromatic carbocycles. The van der Waals surface area contributed by atoms with Crippen LogP contribution < -0.4 is 0 Å². The van der Waals surface area contributed by atoms with Gasteiger partial charge in [-0.3, -0.25) is 0 Å². The zero-order valence-electron chi connectivity index (χ0n) is 22.5. The number of hydrogen-bond acceptors (Lipinski definition) is 0. The van der Waals surface area contributed by atoms with Gasteiger partial charge in [0.2, 0.25) is 0 Å². The monoisotopic (exact) mass is 408 g/mol. The van der Waals surface area contributed by atoms with E-state index in [1.54, 1.807) is 5.57 Å². The summed E-state index contributed by atoms with van der Waals surface area (Å²) in [4.78, 5) is 0. The van der Waals surface area contributed by atoms with Crippen LogP contribution in [-0.2, 0) is 10.8 Å². The normalized spacial score (nSPS) is 19.3. The third-order valence-corrected chi connectivity index (χ3v) is 6.98. The van der Waals surface area contributed by atoms with Gasteiger partial charge >= 0.3 is 0 Å². The first kappa shape index (κ1) is 25.0. The average Bonchev–Trinajstić information content (AvgIpc) is 2.51. The number of benzene rings is 1. The molecule has 0 saturated heterocycles. The van der Waals surface area contributed by atoms with Crippen LogP contribution >= 0.6 is 0 Å². The lowest BCUT2D eigenvalue weighted by Gasteiger charge is -2.39. The summed E-state index contributed by atoms with van der Waals surface area (Å²) in [6.07, 6.45) is 3.72. The minimum atomic E-state index is 0.134. The Morgan fingerprint density at radius 3 is 1.63 bits per heavy atom. The van der Waals surface area contributed by atoms with Crippen LogP contribution in [0.4, 0.5) is 0 Å². The van der Waals surface area contributed by atoms with E-state index in [1.807, 2.05) is 0 Å². The molecule has 0 spiro atoms. The largest absolute Gasteiger partial charge is 0.0765 e. The van der Waals surface area contributed by atoms with Crippen LogP contribution in [-0.4, -0.2) is 0 Å². The minimum absolute atomic E-state index is 0.134. The molecule has 168 valence electrons. The second-order valence-electron chi connectivity index (χ2n) is 13.8. The van der Waals surface area contributed by atoms with Crippen molar-refractivity contribution in [2.24, 2.45) is 16.7 Å². The summed E-state index contributed by atoms with van der Waals surface area (Å²) in [6, 6.07) is 4.98. The molecule has 0 N–H and O–H groups in total. The molecule has 0 heterocycles. The molecule has 1 atom stereocenters. The van der Waals surface area contributed by atoms with Gasteiger partial charge in [-0.05, 0) is 86.8 Å². The molecule has 0 fully saturated rings. The Morgan fingerprint density at radius 2 is 1.23 bits per heavy atom. The Balaban J connectivity index is 2.88. The second kappa shape index (κ2) is 7.68. The summed E-state index contributed by atoms with van der Waals surface area (Å²) in [5, 5.41) is 0. The van der Waals surface area contributed by atoms with Gasteiger partial charge in [-0.25, -0.2) is 0 Å². The predicted octanol–water partition coefficient (Wildman–Crippen LogP) is 9.40. The van der Waals surface area contributed by atoms with Crippen molar-refractivity contribution in [2.75, 3.05) is 0 Å². The first-order valence-corrected chi connectivity index (χ1v) is 11.8. The molecule has 0 aliphatic heterocycles. The van der Waals surface area contributed by atoms with Gasteiger partial charge in [-0.2, -0.15) is 0 Å². The van der Waals surface area contributed by atoms with Gasteiger partial charge in [0, 0.05) is 0 Å². The van der Waals surface area contributed by atoms with Gasteiger partial charge in [0.25, 0.3) is 0 Å². The Labute approximate surface area is 188 Å². The lowest BCUT2D eigenvalue weighted by Crippen LogP contribution is -2.26. The van der Waals surface area contributed by atoms with E-state index < -0.39 is 0 Å². The summed E-state index contributed by atoms with van der Waals surface area (Å²) in [6.45, 7) is 33.1. The van der Waals surface area contributed by atoms with Crippen LogP contribution in [0.2, 0.25) is 0 Å². The molecular weight excluding hydrogens is 360 g/mol. The highest BCUT2D eigenvalue weighted by Crippen LogP contribution is 2.48. The molecule has 1 aliphatic carbocycles. The molecule has 1 aromatic rings. The van der Waals surface area contributed by atoms with Crippen LogP contribution in [0.5, 0.6) is 0 Å². The van der Waals surface area contributed by atoms with Crippen molar-refractivity contribution < 1.29 is 0 Å². The van der Waals surface area contributed by atoms with E-state index in [2.05, 4.69) is 115 Å². The van der Waals surface area contributed by atoms with Gasteiger partial charge in [0.1, 0.15) is 0 Å². The van der Waals surface area contributed by atoms with Crippen molar-refractivity contribution >= 4 is 5.57 Å². The summed E-state index contributed by atoms with van der Waals surface area (Å²) < 4.78 is 0. The summed E-state index contributed by atoms with van der Waals surface area (Å²) in [5.74, 6) is 0.557. The van der Waals surface area contributed by atoms with Crippen molar-refractivity contribution in [1.82, 2.24) is 0 Å². The molecule has 0 heteroatoms. The van der Waals surface area contributed by atoms with Gasteiger partial charge in [0.05, 0.1) is 0 Å². The molecule has 0 saturated carbocycles. The zero-order chi connectivity index (χ0) is 23.4. The number of allylic oxidation sites excluding steroid dienone is 4. The average molecular weight is 409 g/mol. The third-order valence-electron chi connectivity index (χ3n) is 6.98. The Bertz CT molecular complexity index is 859. The molecule has 0 amide bonds. The SMILES string of the molecule is CC1=C(c2cc(C(C)(C)C)cc(C(C)(C)C)c2C)CC(C(C)(C)C)C=C1C(C)(C)C. The topological polar surface area (TPSA) is 0 Å². The highest BCUT2D eigenvalue weighted by Gasteiger charge is 2.34. The van der Waals surface area contributed by atoms with E-state index >= 15 is 0 Å². The highest BCUT2D eigenvalue weighted by atomic mass is 14.4. The molecule has 1 unspecified atom stereocenters. The van der Waals surface area contributed by atoms with Gasteiger partial charge in [-0.15, -0.1) is 0 Å². The summed E-state index contributed by atoms with van der Waals surface area (Å²) >= 11 is 0. The smallest absolute Gasteiger partial charge is 0.0129 e. The number of rotatable bonds is 1. The lowest BCUT2D eigenvalue weighted by atomic mass is 9.66. The molecular formula is C30H48. The minimum Gasteiger partial charge on any atom is -0.0765 e. The maximum absolute atomic E-state index is 2.59. The molecule has 30 heavy (non-hydrogen) atoms. The van der Waals surface area contributed by atoms with E-state index in [4.69, 9.17) is 0 Å². The van der Waals surface area contributed by atoms with Crippen LogP contribution in [0, 0.1) is 23.7 Å². The fourth-order valence-electron chi connectivity index (χ4n) is 4.84. The Kier molecular flexibility index (Phi) is 6.39. The molecule has 2 rings (SSSR count). The Morgan fingerprint density at radius 1 is 0.700 bits per heavy atom. The fourth-order valence-corrected chi connectivity index (χ4v) is 4.84. The van der Waals surface area contributed by atoms with Crippen LogP contribution in [0.3, 0.4) is 0 Å². The molecule has 0 radical (unpaired) electrons. The molecule has 1 aliphatic rings. The van der Waals surface area contributed by atoms with Gasteiger partial charge < -0.3 is 0 Å². The van der Waals surface area contributed by atoms with Gasteiger partial charge in [0.15, 0.2) is 0 Å². The summed E-state index contributed by atoms with van der Waals surface area (Å²) in [5.41, 5.74) is 11.2. The van der Waals surface area contributed by atoms with E-state index in [0.29, 0.717) is 5.92 Å². The van der Waals surface area contributed by atoms with E-state index in [9.17, 15) is 0 Å². The van der Waals surface area contributed by atoms with Gasteiger partial charge in [-0.1, -0.05) is 101 Å². The summed E-state index contributed by atoms with van der Waals surface area (Å²) in [7, 11) is 0. The zero-order valence-corrected chi connectivity index (χ0v) is 22.5. The maximum Gasteiger partial charge on any atom is -0.0129 e. The molecule has 0 aromatic heterocycles. The van der Waals surface area contributed by atoms with Crippen molar-refractivity contribution in [1.29, 1.82) is 0 Å². The van der Waals surface area contributed by atoms with E-state index in [-0.39, 0.29) is 21.7 Å². The van der Waals surface area contributed by atoms with Crippen molar-refractivity contribution in [2.45, 2.75) is 114 Å². The highest BCUT2D eigenvalue weighted by molar-refractivity contribution is 5.78. The van der Waals surface area contributed by atoms with E-state index in [0.717, 1.165) is 6.42 Å². The Hall–Kier alpha value is -1.30. The van der Waals surface area contributed by atoms with Crippen molar-refractivity contribution in [3.05, 3.63) is 51.6 Å². The lowest BCUT2D eigenvalue weighted by molar-refractivity contribution is 0.290. The maximum atomic E-state index is 2.59. The number of hydrogen-bond donors (Lipinski definition) is 0.